The van der Waals surface area contributed by atoms with Crippen LogP contribution in [-0.2, 0) is 0 Å². The second kappa shape index (κ2) is 7.70. The van der Waals surface area contributed by atoms with Crippen LogP contribution in [0.15, 0.2) is 42.5 Å². The van der Waals surface area contributed by atoms with Crippen LogP contribution in [0.2, 0.25) is 0 Å². The molecule has 0 unspecified atom stereocenters. The quantitative estimate of drug-likeness (QED) is 0.681. The number of piperidine rings is 1. The van der Waals surface area contributed by atoms with Gasteiger partial charge in [0.25, 0.3) is 5.91 Å². The van der Waals surface area contributed by atoms with Crippen molar-refractivity contribution in [2.75, 3.05) is 38.1 Å². The molecule has 2 aliphatic rings. The van der Waals surface area contributed by atoms with Crippen molar-refractivity contribution < 1.29 is 9.90 Å². The Hall–Kier alpha value is -2.97. The third kappa shape index (κ3) is 3.64. The second-order valence-corrected chi connectivity index (χ2v) is 8.30. The first-order valence-corrected chi connectivity index (χ1v) is 10.5. The fraction of sp³-hybridized carbons (Fsp3) is 0.409. The molecule has 0 spiro atoms. The standard InChI is InChI=1S/C22H26N6O2/c1-26-12-16(13-26)23-22(30)19-10-20-24-18(15-6-3-2-4-7-15)11-21(28(20)25-19)27-9-5-8-17(29)14-27/h2-4,6-7,10-11,16-17,29H,5,8-9,12-14H2,1H3,(H,23,30)/t17-/m1/s1. The number of rotatable bonds is 4. The molecule has 2 aliphatic heterocycles. The first kappa shape index (κ1) is 19.0. The van der Waals surface area contributed by atoms with Crippen LogP contribution < -0.4 is 10.2 Å². The van der Waals surface area contributed by atoms with Gasteiger partial charge in [-0.2, -0.15) is 9.61 Å². The molecule has 5 rings (SSSR count). The third-order valence-electron chi connectivity index (χ3n) is 5.83. The Balaban J connectivity index is 1.54. The van der Waals surface area contributed by atoms with Crippen LogP contribution in [0.1, 0.15) is 23.3 Å². The van der Waals surface area contributed by atoms with Gasteiger partial charge >= 0.3 is 0 Å². The fourth-order valence-electron chi connectivity index (χ4n) is 4.26. The van der Waals surface area contributed by atoms with E-state index in [1.54, 1.807) is 10.6 Å². The Morgan fingerprint density at radius 3 is 2.70 bits per heavy atom. The number of fused-ring (bicyclic) bond motifs is 1. The molecule has 2 fully saturated rings. The molecule has 1 amide bonds. The van der Waals surface area contributed by atoms with Gasteiger partial charge in [-0.05, 0) is 19.9 Å². The summed E-state index contributed by atoms with van der Waals surface area (Å²) in [7, 11) is 2.03. The minimum atomic E-state index is -0.365. The van der Waals surface area contributed by atoms with Gasteiger partial charge in [-0.1, -0.05) is 30.3 Å². The van der Waals surface area contributed by atoms with E-state index in [4.69, 9.17) is 4.98 Å². The molecule has 8 heteroatoms. The van der Waals surface area contributed by atoms with Gasteiger partial charge in [0.2, 0.25) is 0 Å². The SMILES string of the molecule is CN1CC(NC(=O)c2cc3nc(-c4ccccc4)cc(N4CCC[C@@H](O)C4)n3n2)C1. The second-order valence-electron chi connectivity index (χ2n) is 8.30. The molecule has 156 valence electrons. The lowest BCUT2D eigenvalue weighted by Gasteiger charge is -2.36. The third-order valence-corrected chi connectivity index (χ3v) is 5.83. The van der Waals surface area contributed by atoms with Crippen LogP contribution in [0.3, 0.4) is 0 Å². The van der Waals surface area contributed by atoms with Crippen molar-refractivity contribution >= 4 is 17.4 Å². The summed E-state index contributed by atoms with van der Waals surface area (Å²) in [5.74, 6) is 0.671. The Morgan fingerprint density at radius 2 is 1.97 bits per heavy atom. The zero-order valence-electron chi connectivity index (χ0n) is 17.0. The van der Waals surface area contributed by atoms with E-state index in [0.717, 1.165) is 49.6 Å². The number of hydrogen-bond acceptors (Lipinski definition) is 6. The van der Waals surface area contributed by atoms with Gasteiger partial charge in [0.15, 0.2) is 11.3 Å². The minimum absolute atomic E-state index is 0.164. The van der Waals surface area contributed by atoms with Crippen LogP contribution in [0.25, 0.3) is 16.9 Å². The van der Waals surface area contributed by atoms with Gasteiger partial charge in [0.1, 0.15) is 5.82 Å². The molecule has 0 radical (unpaired) electrons. The number of aromatic nitrogens is 3. The molecule has 30 heavy (non-hydrogen) atoms. The van der Waals surface area contributed by atoms with Crippen molar-refractivity contribution in [3.63, 3.8) is 0 Å². The van der Waals surface area contributed by atoms with Gasteiger partial charge in [-0.25, -0.2) is 4.98 Å². The summed E-state index contributed by atoms with van der Waals surface area (Å²) in [5, 5.41) is 17.8. The van der Waals surface area contributed by atoms with E-state index in [1.807, 2.05) is 43.4 Å². The van der Waals surface area contributed by atoms with Crippen LogP contribution in [-0.4, -0.2) is 75.9 Å². The number of aliphatic hydroxyl groups is 1. The van der Waals surface area contributed by atoms with E-state index in [1.165, 1.54) is 0 Å². The number of benzene rings is 1. The zero-order chi connectivity index (χ0) is 20.7. The van der Waals surface area contributed by atoms with E-state index >= 15 is 0 Å². The summed E-state index contributed by atoms with van der Waals surface area (Å²) in [6.07, 6.45) is 1.35. The summed E-state index contributed by atoms with van der Waals surface area (Å²) >= 11 is 0. The summed E-state index contributed by atoms with van der Waals surface area (Å²) < 4.78 is 1.73. The van der Waals surface area contributed by atoms with Gasteiger partial charge in [-0.3, -0.25) is 4.79 Å². The maximum Gasteiger partial charge on any atom is 0.272 e. The zero-order valence-corrected chi connectivity index (χ0v) is 17.0. The lowest BCUT2D eigenvalue weighted by Crippen LogP contribution is -2.57. The molecule has 2 N–H and O–H groups in total. The summed E-state index contributed by atoms with van der Waals surface area (Å²) in [6.45, 7) is 3.09. The maximum atomic E-state index is 12.7. The number of nitrogens with zero attached hydrogens (tertiary/aromatic N) is 5. The Labute approximate surface area is 175 Å². The highest BCUT2D eigenvalue weighted by Gasteiger charge is 2.27. The summed E-state index contributed by atoms with van der Waals surface area (Å²) in [6, 6.07) is 13.9. The van der Waals surface area contributed by atoms with Crippen molar-refractivity contribution in [2.24, 2.45) is 0 Å². The lowest BCUT2D eigenvalue weighted by molar-refractivity contribution is 0.0852. The normalized spacial score (nSPS) is 20.3. The average molecular weight is 406 g/mol. The van der Waals surface area contributed by atoms with E-state index in [2.05, 4.69) is 20.2 Å². The molecule has 1 aromatic carbocycles. The highest BCUT2D eigenvalue weighted by Crippen LogP contribution is 2.27. The minimum Gasteiger partial charge on any atom is -0.391 e. The smallest absolute Gasteiger partial charge is 0.272 e. The highest BCUT2D eigenvalue weighted by molar-refractivity contribution is 5.93. The van der Waals surface area contributed by atoms with E-state index in [0.29, 0.717) is 17.9 Å². The molecular formula is C22H26N6O2. The van der Waals surface area contributed by atoms with Gasteiger partial charge in [0.05, 0.1) is 17.8 Å². The molecule has 3 aromatic rings. The molecule has 0 aliphatic carbocycles. The first-order valence-electron chi connectivity index (χ1n) is 10.5. The predicted molar refractivity (Wildman–Crippen MR) is 115 cm³/mol. The number of anilines is 1. The number of carbonyl (C=O) groups is 1. The van der Waals surface area contributed by atoms with Gasteiger partial charge < -0.3 is 20.2 Å². The number of nitrogens with one attached hydrogen (secondary N) is 1. The van der Waals surface area contributed by atoms with Crippen LogP contribution >= 0.6 is 0 Å². The van der Waals surface area contributed by atoms with Crippen molar-refractivity contribution in [1.29, 1.82) is 0 Å². The molecule has 4 heterocycles. The topological polar surface area (TPSA) is 86.0 Å². The number of hydrogen-bond donors (Lipinski definition) is 2. The number of likely N-dealkylation sites (N-methyl/N-ethyl adjacent to an activating group) is 1. The van der Waals surface area contributed by atoms with Crippen molar-refractivity contribution in [2.45, 2.75) is 25.0 Å². The molecule has 0 saturated carbocycles. The fourth-order valence-corrected chi connectivity index (χ4v) is 4.26. The van der Waals surface area contributed by atoms with Crippen molar-refractivity contribution in [1.82, 2.24) is 24.8 Å². The van der Waals surface area contributed by atoms with Crippen LogP contribution in [0.5, 0.6) is 0 Å². The van der Waals surface area contributed by atoms with E-state index in [9.17, 15) is 9.90 Å². The molecule has 2 saturated heterocycles. The van der Waals surface area contributed by atoms with Crippen molar-refractivity contribution in [3.8, 4) is 11.3 Å². The monoisotopic (exact) mass is 406 g/mol. The Kier molecular flexibility index (Phi) is 4.88. The lowest BCUT2D eigenvalue weighted by atomic mass is 10.1. The van der Waals surface area contributed by atoms with Crippen LogP contribution in [0.4, 0.5) is 5.82 Å². The predicted octanol–water partition coefficient (Wildman–Crippen LogP) is 1.40. The van der Waals surface area contributed by atoms with E-state index < -0.39 is 0 Å². The highest BCUT2D eigenvalue weighted by atomic mass is 16.3. The maximum absolute atomic E-state index is 12.7. The summed E-state index contributed by atoms with van der Waals surface area (Å²) in [5.41, 5.74) is 2.82. The molecule has 1 atom stereocenters. The molecular weight excluding hydrogens is 380 g/mol. The molecule has 8 nitrogen and oxygen atoms in total. The van der Waals surface area contributed by atoms with Gasteiger partial charge in [-0.15, -0.1) is 0 Å². The number of likely N-dealkylation sites (tertiary alicyclic amines) is 1. The Bertz CT molecular complexity index is 1060. The molecule has 0 bridgehead atoms. The number of β-amino-alcohol motifs (C(OH)–C–C–N with tert-alkyl or cyclic N) is 1. The van der Waals surface area contributed by atoms with Crippen molar-refractivity contribution in [3.05, 3.63) is 48.2 Å². The Morgan fingerprint density at radius 1 is 1.17 bits per heavy atom. The van der Waals surface area contributed by atoms with E-state index in [-0.39, 0.29) is 18.1 Å². The number of carbonyl (C=O) groups excluding carboxylic acids is 1. The molecule has 2 aromatic heterocycles. The first-order chi connectivity index (χ1) is 14.6. The van der Waals surface area contributed by atoms with Gasteiger partial charge in [0, 0.05) is 43.9 Å². The number of aliphatic hydroxyl groups excluding tert-OH is 1. The van der Waals surface area contributed by atoms with Crippen LogP contribution in [0, 0.1) is 0 Å². The number of amides is 1. The largest absolute Gasteiger partial charge is 0.391 e. The summed E-state index contributed by atoms with van der Waals surface area (Å²) in [4.78, 5) is 21.8. The average Bonchev–Trinajstić information content (AvgIpc) is 3.17.